The van der Waals surface area contributed by atoms with E-state index in [0.29, 0.717) is 0 Å². The molecule has 0 aliphatic heterocycles. The maximum atomic E-state index is 5.43. The highest BCUT2D eigenvalue weighted by molar-refractivity contribution is 7.62. The normalized spacial score (nSPS) is 10.0. The lowest BCUT2D eigenvalue weighted by Gasteiger charge is -2.08. The molecule has 0 aromatic carbocycles. The van der Waals surface area contributed by atoms with Gasteiger partial charge in [0, 0.05) is 0 Å². The summed E-state index contributed by atoms with van der Waals surface area (Å²) in [5, 5.41) is 0. The van der Waals surface area contributed by atoms with Crippen molar-refractivity contribution < 1.29 is 0 Å². The van der Waals surface area contributed by atoms with Gasteiger partial charge in [-0.3, -0.25) is 0 Å². The molecule has 0 aromatic heterocycles. The molecule has 0 aliphatic rings. The zero-order valence-electron chi connectivity index (χ0n) is 7.77. The van der Waals surface area contributed by atoms with E-state index in [2.05, 4.69) is 19.5 Å². The summed E-state index contributed by atoms with van der Waals surface area (Å²) in [5.41, 5.74) is 2.94. The molecule has 11 heavy (non-hydrogen) atoms. The Bertz CT molecular complexity index is 105. The monoisotopic (exact) mass is 170 g/mol. The van der Waals surface area contributed by atoms with Gasteiger partial charge in [0.1, 0.15) is 0 Å². The van der Waals surface area contributed by atoms with E-state index in [0.717, 1.165) is 0 Å². The van der Waals surface area contributed by atoms with Crippen molar-refractivity contribution in [2.75, 3.05) is 12.3 Å². The van der Waals surface area contributed by atoms with Crippen LogP contribution in [-0.2, 0) is 0 Å². The Morgan fingerprint density at radius 3 is 1.82 bits per heavy atom. The maximum absolute atomic E-state index is 5.43. The van der Waals surface area contributed by atoms with E-state index >= 15 is 0 Å². The number of unbranched alkanes of at least 4 members (excludes halogenated alkanes) is 2. The fourth-order valence-electron chi connectivity index (χ4n) is 0.939. The van der Waals surface area contributed by atoms with Gasteiger partial charge >= 0.3 is 0 Å². The minimum Gasteiger partial charge on any atom is -0.115 e. The second-order valence-corrected chi connectivity index (χ2v) is 5.06. The summed E-state index contributed by atoms with van der Waals surface area (Å²) in [4.78, 5) is 0. The summed E-state index contributed by atoms with van der Waals surface area (Å²) in [5.74, 6) is 0. The summed E-state index contributed by atoms with van der Waals surface area (Å²) in [7, 11) is -0.0424. The first kappa shape index (κ1) is 11.0. The van der Waals surface area contributed by atoms with Crippen molar-refractivity contribution in [3.8, 4) is 12.1 Å². The molecule has 0 heterocycles. The van der Waals surface area contributed by atoms with Crippen molar-refractivity contribution in [3.05, 3.63) is 0 Å². The first-order valence-electron chi connectivity index (χ1n) is 4.56. The van der Waals surface area contributed by atoms with Crippen LogP contribution in [0, 0.1) is 12.1 Å². The lowest BCUT2D eigenvalue weighted by Crippen LogP contribution is -1.87. The summed E-state index contributed by atoms with van der Waals surface area (Å²) in [6.07, 6.45) is 13.2. The molecular formula is C10H19P. The summed E-state index contributed by atoms with van der Waals surface area (Å²) < 4.78 is 0. The van der Waals surface area contributed by atoms with Crippen LogP contribution in [0.1, 0.15) is 39.5 Å². The molecule has 1 heteroatoms. The quantitative estimate of drug-likeness (QED) is 0.421. The predicted octanol–water partition coefficient (Wildman–Crippen LogP) is 3.66. The Morgan fingerprint density at radius 2 is 1.55 bits per heavy atom. The first-order chi connectivity index (χ1) is 5.35. The van der Waals surface area contributed by atoms with Crippen molar-refractivity contribution >= 4 is 7.92 Å². The Labute approximate surface area is 72.5 Å². The van der Waals surface area contributed by atoms with Crippen LogP contribution in [0.15, 0.2) is 0 Å². The van der Waals surface area contributed by atoms with Gasteiger partial charge in [-0.1, -0.05) is 32.4 Å². The summed E-state index contributed by atoms with van der Waals surface area (Å²) in [6.45, 7) is 4.45. The van der Waals surface area contributed by atoms with Crippen LogP contribution in [-0.4, -0.2) is 12.3 Å². The van der Waals surface area contributed by atoms with E-state index in [1.165, 1.54) is 38.0 Å². The average Bonchev–Trinajstić information content (AvgIpc) is 2.05. The third-order valence-electron chi connectivity index (χ3n) is 1.75. The zero-order valence-corrected chi connectivity index (χ0v) is 8.66. The van der Waals surface area contributed by atoms with E-state index < -0.39 is 0 Å². The van der Waals surface area contributed by atoms with Gasteiger partial charge in [0.15, 0.2) is 0 Å². The van der Waals surface area contributed by atoms with Crippen molar-refractivity contribution in [2.24, 2.45) is 0 Å². The molecule has 0 amide bonds. The molecule has 0 fully saturated rings. The zero-order chi connectivity index (χ0) is 8.53. The van der Waals surface area contributed by atoms with Crippen LogP contribution < -0.4 is 0 Å². The van der Waals surface area contributed by atoms with Crippen LogP contribution in [0.5, 0.6) is 0 Å². The molecule has 0 rings (SSSR count). The van der Waals surface area contributed by atoms with Crippen molar-refractivity contribution in [1.82, 2.24) is 0 Å². The van der Waals surface area contributed by atoms with Crippen molar-refractivity contribution in [3.63, 3.8) is 0 Å². The highest BCUT2D eigenvalue weighted by atomic mass is 31.1. The molecule has 0 spiro atoms. The maximum Gasteiger partial charge on any atom is -0.0214 e. The lowest BCUT2D eigenvalue weighted by atomic mass is 10.4. The molecule has 0 radical (unpaired) electrons. The van der Waals surface area contributed by atoms with Gasteiger partial charge in [-0.25, -0.2) is 0 Å². The van der Waals surface area contributed by atoms with Gasteiger partial charge in [-0.05, 0) is 33.1 Å². The minimum absolute atomic E-state index is 0.0424. The SMILES string of the molecule is C#CP(CCCC)CCCC. The molecule has 0 aliphatic carbocycles. The fourth-order valence-corrected chi connectivity index (χ4v) is 2.82. The van der Waals surface area contributed by atoms with E-state index in [1.807, 2.05) is 0 Å². The molecule has 0 aromatic rings. The standard InChI is InChI=1S/C10H19P/c1-4-7-9-11(6-3)10-8-5-2/h3H,4-5,7-10H2,1-2H3. The molecule has 0 saturated heterocycles. The Morgan fingerprint density at radius 1 is 1.09 bits per heavy atom. The second kappa shape index (κ2) is 8.09. The predicted molar refractivity (Wildman–Crippen MR) is 55.3 cm³/mol. The third-order valence-corrected chi connectivity index (χ3v) is 3.82. The van der Waals surface area contributed by atoms with Crippen LogP contribution in [0.2, 0.25) is 0 Å². The Hall–Kier alpha value is -0.0100. The smallest absolute Gasteiger partial charge is 0.0214 e. The molecule has 0 nitrogen and oxygen atoms in total. The lowest BCUT2D eigenvalue weighted by molar-refractivity contribution is 0.871. The van der Waals surface area contributed by atoms with Crippen molar-refractivity contribution in [2.45, 2.75) is 39.5 Å². The molecule has 0 N–H and O–H groups in total. The molecule has 64 valence electrons. The molecule has 0 bridgehead atoms. The van der Waals surface area contributed by atoms with Gasteiger partial charge in [0.25, 0.3) is 0 Å². The second-order valence-electron chi connectivity index (χ2n) is 2.82. The van der Waals surface area contributed by atoms with Crippen LogP contribution in [0.4, 0.5) is 0 Å². The van der Waals surface area contributed by atoms with E-state index in [-0.39, 0.29) is 7.92 Å². The summed E-state index contributed by atoms with van der Waals surface area (Å²) in [6, 6.07) is 0. The Balaban J connectivity index is 3.35. The minimum atomic E-state index is -0.0424. The van der Waals surface area contributed by atoms with Crippen molar-refractivity contribution in [1.29, 1.82) is 0 Å². The molecular weight excluding hydrogens is 151 g/mol. The fraction of sp³-hybridized carbons (Fsp3) is 0.800. The molecule has 0 saturated carbocycles. The van der Waals surface area contributed by atoms with E-state index in [4.69, 9.17) is 6.42 Å². The van der Waals surface area contributed by atoms with Gasteiger partial charge in [0.05, 0.1) is 0 Å². The highest BCUT2D eigenvalue weighted by Crippen LogP contribution is 2.35. The topological polar surface area (TPSA) is 0 Å². The first-order valence-corrected chi connectivity index (χ1v) is 6.27. The largest absolute Gasteiger partial charge is 0.115 e. The summed E-state index contributed by atoms with van der Waals surface area (Å²) >= 11 is 0. The van der Waals surface area contributed by atoms with Gasteiger partial charge in [-0.2, -0.15) is 0 Å². The Kier molecular flexibility index (Phi) is 8.08. The number of rotatable bonds is 6. The highest BCUT2D eigenvalue weighted by Gasteiger charge is 2.01. The van der Waals surface area contributed by atoms with Gasteiger partial charge in [0.2, 0.25) is 0 Å². The van der Waals surface area contributed by atoms with Crippen LogP contribution in [0.25, 0.3) is 0 Å². The van der Waals surface area contributed by atoms with Gasteiger partial charge < -0.3 is 0 Å². The van der Waals surface area contributed by atoms with Gasteiger partial charge in [-0.15, -0.1) is 6.42 Å². The third kappa shape index (κ3) is 6.39. The van der Waals surface area contributed by atoms with E-state index in [9.17, 15) is 0 Å². The average molecular weight is 170 g/mol. The molecule has 0 unspecified atom stereocenters. The number of terminal acetylenes is 1. The van der Waals surface area contributed by atoms with E-state index in [1.54, 1.807) is 0 Å². The van der Waals surface area contributed by atoms with Crippen LogP contribution in [0.3, 0.4) is 0 Å². The number of hydrogen-bond acceptors (Lipinski definition) is 0. The molecule has 0 atom stereocenters. The number of hydrogen-bond donors (Lipinski definition) is 0. The van der Waals surface area contributed by atoms with Crippen LogP contribution >= 0.6 is 7.92 Å².